The van der Waals surface area contributed by atoms with Crippen LogP contribution in [0.5, 0.6) is 0 Å². The summed E-state index contributed by atoms with van der Waals surface area (Å²) in [6.07, 6.45) is -0.313. The van der Waals surface area contributed by atoms with Gasteiger partial charge < -0.3 is 30.7 Å². The summed E-state index contributed by atoms with van der Waals surface area (Å²) >= 11 is 0. The first kappa shape index (κ1) is 20.8. The summed E-state index contributed by atoms with van der Waals surface area (Å²) in [5, 5.41) is 12.5. The maximum atomic E-state index is 12.3. The number of hydrogen-bond acceptors (Lipinski definition) is 6. The van der Waals surface area contributed by atoms with Gasteiger partial charge in [-0.25, -0.2) is 9.59 Å². The Morgan fingerprint density at radius 1 is 1.33 bits per heavy atom. The summed E-state index contributed by atoms with van der Waals surface area (Å²) in [4.78, 5) is 27.7. The van der Waals surface area contributed by atoms with Crippen molar-refractivity contribution in [1.82, 2.24) is 4.90 Å². The largest absolute Gasteiger partial charge is 0.478 e. The molecule has 1 aromatic rings. The molecule has 8 heteroatoms. The van der Waals surface area contributed by atoms with Crippen molar-refractivity contribution in [1.29, 1.82) is 0 Å². The van der Waals surface area contributed by atoms with Gasteiger partial charge in [0, 0.05) is 44.8 Å². The minimum atomic E-state index is -0.999. The molecule has 0 bridgehead atoms. The standard InChI is InChI=1S/C19H30N4O4/c1-12-11-22(18(26)27-19(2,3)4)8-9-23(12)15-7-6-13(17(24)25)14(10-20)16(15)21-5/h6-7,12,21H,8-11,20H2,1-5H3,(H,24,25). The summed E-state index contributed by atoms with van der Waals surface area (Å²) in [6.45, 7) is 9.37. The Morgan fingerprint density at radius 2 is 2.00 bits per heavy atom. The molecule has 0 radical (unpaired) electrons. The lowest BCUT2D eigenvalue weighted by molar-refractivity contribution is 0.0218. The lowest BCUT2D eigenvalue weighted by Gasteiger charge is -2.42. The fourth-order valence-corrected chi connectivity index (χ4v) is 3.37. The van der Waals surface area contributed by atoms with Gasteiger partial charge in [0.05, 0.1) is 16.9 Å². The minimum Gasteiger partial charge on any atom is -0.478 e. The second-order valence-electron chi connectivity index (χ2n) is 7.71. The van der Waals surface area contributed by atoms with Gasteiger partial charge in [-0.3, -0.25) is 0 Å². The van der Waals surface area contributed by atoms with E-state index < -0.39 is 11.6 Å². The molecule has 0 spiro atoms. The number of nitrogens with one attached hydrogen (secondary N) is 1. The van der Waals surface area contributed by atoms with Crippen molar-refractivity contribution in [3.05, 3.63) is 23.3 Å². The molecule has 1 aliphatic rings. The number of nitrogens with two attached hydrogens (primary N) is 1. The third-order valence-corrected chi connectivity index (χ3v) is 4.56. The number of carbonyl (C=O) groups is 2. The second kappa shape index (κ2) is 8.04. The van der Waals surface area contributed by atoms with Crippen LogP contribution < -0.4 is 16.0 Å². The van der Waals surface area contributed by atoms with Crippen LogP contribution >= 0.6 is 0 Å². The molecule has 1 atom stereocenters. The van der Waals surface area contributed by atoms with Crippen molar-refractivity contribution in [3.63, 3.8) is 0 Å². The topological polar surface area (TPSA) is 108 Å². The number of rotatable bonds is 4. The van der Waals surface area contributed by atoms with E-state index in [2.05, 4.69) is 10.2 Å². The number of carboxylic acid groups (broad SMARTS) is 1. The molecule has 0 aliphatic carbocycles. The lowest BCUT2D eigenvalue weighted by atomic mass is 10.0. The third kappa shape index (κ3) is 4.63. The van der Waals surface area contributed by atoms with Crippen LogP contribution in [0.3, 0.4) is 0 Å². The van der Waals surface area contributed by atoms with Crippen molar-refractivity contribution in [2.24, 2.45) is 5.73 Å². The lowest BCUT2D eigenvalue weighted by Crippen LogP contribution is -2.54. The van der Waals surface area contributed by atoms with Gasteiger partial charge in [0.25, 0.3) is 0 Å². The number of amides is 1. The van der Waals surface area contributed by atoms with Crippen molar-refractivity contribution >= 4 is 23.4 Å². The molecule has 1 fully saturated rings. The van der Waals surface area contributed by atoms with E-state index >= 15 is 0 Å². The Balaban J connectivity index is 2.25. The van der Waals surface area contributed by atoms with E-state index in [4.69, 9.17) is 10.5 Å². The summed E-state index contributed by atoms with van der Waals surface area (Å²) in [6, 6.07) is 3.43. The van der Waals surface area contributed by atoms with Crippen LogP contribution in [0.25, 0.3) is 0 Å². The van der Waals surface area contributed by atoms with Crippen molar-refractivity contribution in [3.8, 4) is 0 Å². The van der Waals surface area contributed by atoms with Crippen LogP contribution in [0.4, 0.5) is 16.2 Å². The highest BCUT2D eigenvalue weighted by Gasteiger charge is 2.31. The highest BCUT2D eigenvalue weighted by molar-refractivity contribution is 5.94. The zero-order valence-electron chi connectivity index (χ0n) is 16.7. The molecular weight excluding hydrogens is 348 g/mol. The molecule has 2 rings (SSSR count). The maximum absolute atomic E-state index is 12.3. The van der Waals surface area contributed by atoms with E-state index in [1.165, 1.54) is 0 Å². The molecule has 1 saturated heterocycles. The summed E-state index contributed by atoms with van der Waals surface area (Å²) in [5.74, 6) is -0.999. The fourth-order valence-electron chi connectivity index (χ4n) is 3.37. The van der Waals surface area contributed by atoms with Crippen LogP contribution in [0.1, 0.15) is 43.6 Å². The molecule has 1 amide bonds. The molecule has 1 heterocycles. The molecule has 0 aromatic heterocycles. The molecule has 4 N–H and O–H groups in total. The van der Waals surface area contributed by atoms with Crippen LogP contribution in [-0.4, -0.2) is 60.4 Å². The average Bonchev–Trinajstić information content (AvgIpc) is 2.58. The van der Waals surface area contributed by atoms with E-state index in [-0.39, 0.29) is 24.2 Å². The number of carbonyl (C=O) groups excluding carboxylic acids is 1. The van der Waals surface area contributed by atoms with E-state index in [0.29, 0.717) is 25.2 Å². The van der Waals surface area contributed by atoms with Gasteiger partial charge >= 0.3 is 12.1 Å². The number of anilines is 2. The van der Waals surface area contributed by atoms with Gasteiger partial charge in [-0.05, 0) is 39.8 Å². The van der Waals surface area contributed by atoms with E-state index in [1.807, 2.05) is 27.7 Å². The van der Waals surface area contributed by atoms with Gasteiger partial charge in [-0.1, -0.05) is 0 Å². The van der Waals surface area contributed by atoms with Crippen LogP contribution in [0, 0.1) is 0 Å². The zero-order chi connectivity index (χ0) is 20.4. The quantitative estimate of drug-likeness (QED) is 0.738. The third-order valence-electron chi connectivity index (χ3n) is 4.56. The van der Waals surface area contributed by atoms with Crippen LogP contribution in [0.15, 0.2) is 12.1 Å². The molecule has 0 saturated carbocycles. The monoisotopic (exact) mass is 378 g/mol. The summed E-state index contributed by atoms with van der Waals surface area (Å²) in [7, 11) is 1.76. The van der Waals surface area contributed by atoms with E-state index in [0.717, 1.165) is 11.4 Å². The van der Waals surface area contributed by atoms with Gasteiger partial charge in [-0.15, -0.1) is 0 Å². The number of nitrogens with zero attached hydrogens (tertiary/aromatic N) is 2. The van der Waals surface area contributed by atoms with Crippen molar-refractivity contribution in [2.45, 2.75) is 45.9 Å². The first-order valence-corrected chi connectivity index (χ1v) is 9.10. The Labute approximate surface area is 160 Å². The number of hydrogen-bond donors (Lipinski definition) is 3. The van der Waals surface area contributed by atoms with E-state index in [1.54, 1.807) is 24.1 Å². The summed E-state index contributed by atoms with van der Waals surface area (Å²) in [5.41, 5.74) is 7.68. The average molecular weight is 378 g/mol. The first-order valence-electron chi connectivity index (χ1n) is 9.10. The van der Waals surface area contributed by atoms with E-state index in [9.17, 15) is 14.7 Å². The molecular formula is C19H30N4O4. The Bertz CT molecular complexity index is 714. The normalized spacial score (nSPS) is 17.6. The van der Waals surface area contributed by atoms with Gasteiger partial charge in [-0.2, -0.15) is 0 Å². The minimum absolute atomic E-state index is 0.0414. The van der Waals surface area contributed by atoms with Crippen molar-refractivity contribution < 1.29 is 19.4 Å². The molecule has 1 aromatic carbocycles. The molecule has 27 heavy (non-hydrogen) atoms. The Hall–Kier alpha value is -2.48. The van der Waals surface area contributed by atoms with Gasteiger partial charge in [0.15, 0.2) is 0 Å². The number of carboxylic acids is 1. The summed E-state index contributed by atoms with van der Waals surface area (Å²) < 4.78 is 5.46. The highest BCUT2D eigenvalue weighted by Crippen LogP contribution is 2.34. The van der Waals surface area contributed by atoms with Gasteiger partial charge in [0.1, 0.15) is 5.60 Å². The zero-order valence-corrected chi connectivity index (χ0v) is 16.7. The Morgan fingerprint density at radius 3 is 2.48 bits per heavy atom. The molecule has 150 valence electrons. The second-order valence-corrected chi connectivity index (χ2v) is 7.71. The molecule has 1 aliphatic heterocycles. The number of ether oxygens (including phenoxy) is 1. The smallest absolute Gasteiger partial charge is 0.410 e. The maximum Gasteiger partial charge on any atom is 0.410 e. The van der Waals surface area contributed by atoms with Crippen LogP contribution in [0.2, 0.25) is 0 Å². The number of benzene rings is 1. The number of piperazine rings is 1. The highest BCUT2D eigenvalue weighted by atomic mass is 16.6. The van der Waals surface area contributed by atoms with Crippen LogP contribution in [-0.2, 0) is 11.3 Å². The molecule has 1 unspecified atom stereocenters. The van der Waals surface area contributed by atoms with Crippen molar-refractivity contribution in [2.75, 3.05) is 36.9 Å². The SMILES string of the molecule is CNc1c(N2CCN(C(=O)OC(C)(C)C)CC2C)ccc(C(=O)O)c1CN. The predicted octanol–water partition coefficient (Wildman–Crippen LogP) is 2.33. The predicted molar refractivity (Wildman–Crippen MR) is 105 cm³/mol. The Kier molecular flexibility index (Phi) is 6.20. The molecule has 8 nitrogen and oxygen atoms in total. The number of aromatic carboxylic acids is 1. The van der Waals surface area contributed by atoms with Gasteiger partial charge in [0.2, 0.25) is 0 Å². The first-order chi connectivity index (χ1) is 12.6. The fraction of sp³-hybridized carbons (Fsp3) is 0.579.